The van der Waals surface area contributed by atoms with E-state index in [2.05, 4.69) is 30.3 Å². The zero-order valence-electron chi connectivity index (χ0n) is 14.7. The molecule has 26 heavy (non-hydrogen) atoms. The van der Waals surface area contributed by atoms with Crippen molar-refractivity contribution in [1.82, 2.24) is 4.90 Å². The first-order chi connectivity index (χ1) is 12.8. The van der Waals surface area contributed by atoms with Gasteiger partial charge in [0.05, 0.1) is 6.07 Å². The quantitative estimate of drug-likeness (QED) is 0.818. The van der Waals surface area contributed by atoms with Gasteiger partial charge in [0.2, 0.25) is 0 Å². The lowest BCUT2D eigenvalue weighted by atomic mass is 9.96. The molecule has 0 radical (unpaired) electrons. The molecule has 0 saturated carbocycles. The molecule has 1 aliphatic carbocycles. The molecule has 0 spiro atoms. The molecule has 0 unspecified atom stereocenters. The Morgan fingerprint density at radius 3 is 2.42 bits per heavy atom. The van der Waals surface area contributed by atoms with E-state index in [0.29, 0.717) is 19.6 Å². The molecule has 2 aromatic rings. The molecule has 4 nitrogen and oxygen atoms in total. The summed E-state index contributed by atoms with van der Waals surface area (Å²) < 4.78 is 5.71. The van der Waals surface area contributed by atoms with Gasteiger partial charge < -0.3 is 9.64 Å². The number of amides is 1. The van der Waals surface area contributed by atoms with Crippen LogP contribution < -0.4 is 0 Å². The highest BCUT2D eigenvalue weighted by atomic mass is 16.6. The molecular weight excluding hydrogens is 324 g/mol. The Balaban J connectivity index is 1.46. The first-order valence-electron chi connectivity index (χ1n) is 9.25. The SMILES string of the molecule is N#CC[C@@H]1CCCN(C(=O)OCC2c3ccccc3-c3ccccc32)C1. The van der Waals surface area contributed by atoms with Crippen molar-refractivity contribution in [2.75, 3.05) is 19.7 Å². The summed E-state index contributed by atoms with van der Waals surface area (Å²) in [5, 5.41) is 8.89. The van der Waals surface area contributed by atoms with E-state index >= 15 is 0 Å². The maximum atomic E-state index is 12.5. The summed E-state index contributed by atoms with van der Waals surface area (Å²) in [4.78, 5) is 14.3. The van der Waals surface area contributed by atoms with Gasteiger partial charge >= 0.3 is 6.09 Å². The highest BCUT2D eigenvalue weighted by molar-refractivity contribution is 5.79. The minimum Gasteiger partial charge on any atom is -0.448 e. The van der Waals surface area contributed by atoms with Crippen molar-refractivity contribution in [3.63, 3.8) is 0 Å². The normalized spacial score (nSPS) is 18.7. The van der Waals surface area contributed by atoms with Gasteiger partial charge in [-0.25, -0.2) is 4.79 Å². The monoisotopic (exact) mass is 346 g/mol. The third kappa shape index (κ3) is 3.06. The van der Waals surface area contributed by atoms with Crippen LogP contribution in [0.5, 0.6) is 0 Å². The number of ether oxygens (including phenoxy) is 1. The lowest BCUT2D eigenvalue weighted by molar-refractivity contribution is 0.0828. The number of carbonyl (C=O) groups is 1. The molecule has 0 bridgehead atoms. The Bertz CT molecular complexity index is 810. The number of likely N-dealkylation sites (tertiary alicyclic amines) is 1. The van der Waals surface area contributed by atoms with Gasteiger partial charge in [0.15, 0.2) is 0 Å². The molecule has 132 valence electrons. The van der Waals surface area contributed by atoms with Gasteiger partial charge in [0.1, 0.15) is 6.61 Å². The van der Waals surface area contributed by atoms with Crippen LogP contribution in [-0.4, -0.2) is 30.7 Å². The largest absolute Gasteiger partial charge is 0.448 e. The maximum Gasteiger partial charge on any atom is 0.409 e. The summed E-state index contributed by atoms with van der Waals surface area (Å²) in [7, 11) is 0. The Kier molecular flexibility index (Phi) is 4.62. The lowest BCUT2D eigenvalue weighted by Gasteiger charge is -2.31. The zero-order valence-corrected chi connectivity index (χ0v) is 14.7. The van der Waals surface area contributed by atoms with Gasteiger partial charge in [0.25, 0.3) is 0 Å². The standard InChI is InChI=1S/C22H22N2O2/c23-12-11-16-6-5-13-24(14-16)22(25)26-15-21-19-9-3-1-7-17(19)18-8-2-4-10-20(18)21/h1-4,7-10,16,21H,5-6,11,13-15H2/t16-/m0/s1. The van der Waals surface area contributed by atoms with Crippen LogP contribution in [0.1, 0.15) is 36.3 Å². The van der Waals surface area contributed by atoms with Gasteiger partial charge in [-0.1, -0.05) is 48.5 Å². The van der Waals surface area contributed by atoms with E-state index in [1.54, 1.807) is 4.90 Å². The van der Waals surface area contributed by atoms with Crippen molar-refractivity contribution in [3.05, 3.63) is 59.7 Å². The van der Waals surface area contributed by atoms with Gasteiger partial charge in [0, 0.05) is 25.4 Å². The third-order valence-electron chi connectivity index (χ3n) is 5.49. The molecule has 1 heterocycles. The molecule has 1 saturated heterocycles. The van der Waals surface area contributed by atoms with Gasteiger partial charge in [-0.2, -0.15) is 5.26 Å². The van der Waals surface area contributed by atoms with Crippen LogP contribution in [-0.2, 0) is 4.74 Å². The Morgan fingerprint density at radius 1 is 1.12 bits per heavy atom. The summed E-state index contributed by atoms with van der Waals surface area (Å²) in [6.45, 7) is 1.70. The van der Waals surface area contributed by atoms with Crippen molar-refractivity contribution in [1.29, 1.82) is 5.26 Å². The molecule has 4 rings (SSSR count). The first kappa shape index (κ1) is 16.7. The van der Waals surface area contributed by atoms with Gasteiger partial charge in [-0.15, -0.1) is 0 Å². The summed E-state index contributed by atoms with van der Waals surface area (Å²) in [6, 6.07) is 18.9. The molecule has 0 N–H and O–H groups in total. The fourth-order valence-corrected chi connectivity index (χ4v) is 4.21. The van der Waals surface area contributed by atoms with Crippen LogP contribution in [0.25, 0.3) is 11.1 Å². The number of hydrogen-bond donors (Lipinski definition) is 0. The molecule has 0 aromatic heterocycles. The van der Waals surface area contributed by atoms with Crippen molar-refractivity contribution in [3.8, 4) is 17.2 Å². The average Bonchev–Trinajstić information content (AvgIpc) is 3.01. The summed E-state index contributed by atoms with van der Waals surface area (Å²) in [5.74, 6) is 0.361. The topological polar surface area (TPSA) is 53.3 Å². The second kappa shape index (κ2) is 7.21. The molecule has 4 heteroatoms. The van der Waals surface area contributed by atoms with Crippen LogP contribution in [0.15, 0.2) is 48.5 Å². The summed E-state index contributed by atoms with van der Waals surface area (Å²) in [6.07, 6.45) is 2.21. The number of piperidine rings is 1. The number of hydrogen-bond acceptors (Lipinski definition) is 3. The predicted molar refractivity (Wildman–Crippen MR) is 99.6 cm³/mol. The highest BCUT2D eigenvalue weighted by Gasteiger charge is 2.30. The Hall–Kier alpha value is -2.80. The van der Waals surface area contributed by atoms with Crippen molar-refractivity contribution >= 4 is 6.09 Å². The molecule has 2 aromatic carbocycles. The highest BCUT2D eigenvalue weighted by Crippen LogP contribution is 2.44. The number of carbonyl (C=O) groups excluding carboxylic acids is 1. The second-order valence-electron chi connectivity index (χ2n) is 7.12. The average molecular weight is 346 g/mol. The molecule has 1 amide bonds. The van der Waals surface area contributed by atoms with Crippen LogP contribution in [0.4, 0.5) is 4.79 Å². The van der Waals surface area contributed by atoms with E-state index in [1.165, 1.54) is 22.3 Å². The summed E-state index contributed by atoms with van der Waals surface area (Å²) >= 11 is 0. The number of nitrogens with zero attached hydrogens (tertiary/aromatic N) is 2. The smallest absolute Gasteiger partial charge is 0.409 e. The maximum absolute atomic E-state index is 12.5. The number of rotatable bonds is 3. The Labute approximate surface area is 154 Å². The van der Waals surface area contributed by atoms with Crippen LogP contribution >= 0.6 is 0 Å². The van der Waals surface area contributed by atoms with Crippen LogP contribution in [0, 0.1) is 17.2 Å². The van der Waals surface area contributed by atoms with E-state index in [4.69, 9.17) is 10.00 Å². The van der Waals surface area contributed by atoms with Crippen molar-refractivity contribution < 1.29 is 9.53 Å². The third-order valence-corrected chi connectivity index (χ3v) is 5.49. The van der Waals surface area contributed by atoms with E-state index in [0.717, 1.165) is 19.4 Å². The van der Waals surface area contributed by atoms with E-state index in [1.807, 2.05) is 24.3 Å². The van der Waals surface area contributed by atoms with Gasteiger partial charge in [-0.05, 0) is 41.0 Å². The number of nitriles is 1. The van der Waals surface area contributed by atoms with Gasteiger partial charge in [-0.3, -0.25) is 0 Å². The predicted octanol–water partition coefficient (Wildman–Crippen LogP) is 4.56. The van der Waals surface area contributed by atoms with Crippen molar-refractivity contribution in [2.24, 2.45) is 5.92 Å². The molecule has 1 fully saturated rings. The van der Waals surface area contributed by atoms with Crippen LogP contribution in [0.2, 0.25) is 0 Å². The van der Waals surface area contributed by atoms with E-state index in [9.17, 15) is 4.79 Å². The lowest BCUT2D eigenvalue weighted by Crippen LogP contribution is -2.40. The number of fused-ring (bicyclic) bond motifs is 3. The minimum absolute atomic E-state index is 0.0889. The number of benzene rings is 2. The zero-order chi connectivity index (χ0) is 17.9. The molecule has 1 aliphatic heterocycles. The van der Waals surface area contributed by atoms with E-state index < -0.39 is 0 Å². The second-order valence-corrected chi connectivity index (χ2v) is 7.12. The molecular formula is C22H22N2O2. The summed E-state index contributed by atoms with van der Waals surface area (Å²) in [5.41, 5.74) is 4.91. The van der Waals surface area contributed by atoms with Crippen molar-refractivity contribution in [2.45, 2.75) is 25.2 Å². The molecule has 2 aliphatic rings. The Morgan fingerprint density at radius 2 is 1.77 bits per heavy atom. The fraction of sp³-hybridized carbons (Fsp3) is 0.364. The fourth-order valence-electron chi connectivity index (χ4n) is 4.21. The van der Waals surface area contributed by atoms with Crippen LogP contribution in [0.3, 0.4) is 0 Å². The minimum atomic E-state index is -0.255. The molecule has 1 atom stereocenters. The van der Waals surface area contributed by atoms with E-state index in [-0.39, 0.29) is 17.9 Å². The first-order valence-corrected chi connectivity index (χ1v) is 9.25.